The molecule has 3 nitrogen and oxygen atoms in total. The third-order valence-corrected chi connectivity index (χ3v) is 3.93. The molecular formula is C6H20N2OSi2. The molecule has 0 radical (unpaired) electrons. The van der Waals surface area contributed by atoms with Crippen molar-refractivity contribution in [3.8, 4) is 0 Å². The van der Waals surface area contributed by atoms with Crippen molar-refractivity contribution < 1.29 is 4.12 Å². The van der Waals surface area contributed by atoms with Gasteiger partial charge in [-0.05, 0) is 26.1 Å². The quantitative estimate of drug-likeness (QED) is 0.344. The molecule has 0 aliphatic heterocycles. The highest BCUT2D eigenvalue weighted by Crippen LogP contribution is 1.84. The van der Waals surface area contributed by atoms with E-state index < -0.39 is 0 Å². The lowest BCUT2D eigenvalue weighted by Crippen LogP contribution is -2.25. The predicted molar refractivity (Wildman–Crippen MR) is 55.8 cm³/mol. The minimum absolute atomic E-state index is 0.112. The third-order valence-electron chi connectivity index (χ3n) is 1.50. The van der Waals surface area contributed by atoms with Crippen molar-refractivity contribution in [2.75, 3.05) is 26.7 Å². The van der Waals surface area contributed by atoms with Crippen LogP contribution in [0.25, 0.3) is 0 Å². The van der Waals surface area contributed by atoms with Gasteiger partial charge in [-0.15, -0.1) is 0 Å². The Balaban J connectivity index is 2.69. The first-order chi connectivity index (χ1) is 5.41. The lowest BCUT2D eigenvalue weighted by atomic mass is 10.4. The van der Waals surface area contributed by atoms with Crippen LogP contribution in [0.5, 0.6) is 0 Å². The molecule has 0 atom stereocenters. The van der Waals surface area contributed by atoms with E-state index in [0.29, 0.717) is 0 Å². The van der Waals surface area contributed by atoms with Crippen molar-refractivity contribution in [2.45, 2.75) is 12.5 Å². The van der Waals surface area contributed by atoms with E-state index in [9.17, 15) is 0 Å². The summed E-state index contributed by atoms with van der Waals surface area (Å²) >= 11 is 0. The standard InChI is InChI=1S/C6H20N2OSi2/c1-7-4-5-8-3-2-6-11-9-10/h7-8H,2-6,11H2,1,10H3. The smallest absolute Gasteiger partial charge is 0.145 e. The molecule has 2 N–H and O–H groups in total. The highest BCUT2D eigenvalue weighted by atomic mass is 28.3. The summed E-state index contributed by atoms with van der Waals surface area (Å²) in [5.41, 5.74) is 0. The van der Waals surface area contributed by atoms with Crippen LogP contribution in [0.15, 0.2) is 0 Å². The van der Waals surface area contributed by atoms with Crippen molar-refractivity contribution in [1.82, 2.24) is 10.6 Å². The van der Waals surface area contributed by atoms with Gasteiger partial charge in [-0.3, -0.25) is 0 Å². The lowest BCUT2D eigenvalue weighted by molar-refractivity contribution is 0.621. The molecule has 0 saturated heterocycles. The molecule has 0 spiro atoms. The average molecular weight is 192 g/mol. The van der Waals surface area contributed by atoms with E-state index in [0.717, 1.165) is 30.1 Å². The summed E-state index contributed by atoms with van der Waals surface area (Å²) < 4.78 is 5.21. The summed E-state index contributed by atoms with van der Waals surface area (Å²) in [4.78, 5) is 0. The third kappa shape index (κ3) is 10.3. The average Bonchev–Trinajstić information content (AvgIpc) is 2.03. The van der Waals surface area contributed by atoms with Crippen molar-refractivity contribution in [2.24, 2.45) is 0 Å². The first-order valence-corrected chi connectivity index (χ1v) is 6.65. The number of hydrogen-bond donors (Lipinski definition) is 2. The molecular weight excluding hydrogens is 172 g/mol. The number of nitrogens with one attached hydrogen (secondary N) is 2. The zero-order valence-electron chi connectivity index (χ0n) is 7.65. The molecule has 5 heteroatoms. The SMILES string of the molecule is CNCCNCCC[SiH2]O[SiH3]. The molecule has 0 aliphatic carbocycles. The Labute approximate surface area is 74.8 Å². The highest BCUT2D eigenvalue weighted by molar-refractivity contribution is 6.34. The summed E-state index contributed by atoms with van der Waals surface area (Å²) in [6.07, 6.45) is 1.29. The molecule has 0 aromatic carbocycles. The van der Waals surface area contributed by atoms with Gasteiger partial charge < -0.3 is 14.7 Å². The fourth-order valence-corrected chi connectivity index (χ4v) is 2.44. The minimum Gasteiger partial charge on any atom is -0.468 e. The maximum absolute atomic E-state index is 5.21. The van der Waals surface area contributed by atoms with Gasteiger partial charge in [0.15, 0.2) is 0 Å². The predicted octanol–water partition coefficient (Wildman–Crippen LogP) is -2.02. The molecule has 11 heavy (non-hydrogen) atoms. The van der Waals surface area contributed by atoms with Gasteiger partial charge >= 0.3 is 0 Å². The topological polar surface area (TPSA) is 33.3 Å². The Hall–Kier alpha value is 0.314. The lowest BCUT2D eigenvalue weighted by Gasteiger charge is -2.02. The fraction of sp³-hybridized carbons (Fsp3) is 1.00. The van der Waals surface area contributed by atoms with Crippen molar-refractivity contribution in [3.05, 3.63) is 0 Å². The molecule has 0 heterocycles. The van der Waals surface area contributed by atoms with Crippen LogP contribution in [0.2, 0.25) is 6.04 Å². The molecule has 0 aliphatic rings. The molecule has 0 fully saturated rings. The first-order valence-electron chi connectivity index (χ1n) is 4.26. The monoisotopic (exact) mass is 192 g/mol. The van der Waals surface area contributed by atoms with Crippen LogP contribution in [-0.2, 0) is 4.12 Å². The molecule has 0 saturated carbocycles. The summed E-state index contributed by atoms with van der Waals surface area (Å²) in [7, 11) is 2.81. The van der Waals surface area contributed by atoms with Crippen molar-refractivity contribution >= 4 is 20.2 Å². The Morgan fingerprint density at radius 3 is 2.82 bits per heavy atom. The Kier molecular flexibility index (Phi) is 10.6. The molecule has 68 valence electrons. The summed E-state index contributed by atoms with van der Waals surface area (Å²) in [6, 6.07) is 1.33. The molecule has 0 amide bonds. The van der Waals surface area contributed by atoms with Crippen LogP contribution in [0.4, 0.5) is 0 Å². The largest absolute Gasteiger partial charge is 0.468 e. The zero-order chi connectivity index (χ0) is 8.36. The first kappa shape index (κ1) is 11.3. The van der Waals surface area contributed by atoms with E-state index in [4.69, 9.17) is 4.12 Å². The van der Waals surface area contributed by atoms with Crippen molar-refractivity contribution in [1.29, 1.82) is 0 Å². The van der Waals surface area contributed by atoms with Crippen LogP contribution < -0.4 is 10.6 Å². The second-order valence-corrected chi connectivity index (χ2v) is 5.98. The second-order valence-electron chi connectivity index (χ2n) is 2.55. The van der Waals surface area contributed by atoms with Crippen LogP contribution >= 0.6 is 0 Å². The van der Waals surface area contributed by atoms with Crippen LogP contribution in [0, 0.1) is 0 Å². The summed E-state index contributed by atoms with van der Waals surface area (Å²) in [5.74, 6) is 0. The van der Waals surface area contributed by atoms with Gasteiger partial charge in [-0.1, -0.05) is 0 Å². The molecule has 0 bridgehead atoms. The highest BCUT2D eigenvalue weighted by Gasteiger charge is 1.87. The normalized spacial score (nSPS) is 11.7. The Morgan fingerprint density at radius 2 is 2.18 bits per heavy atom. The van der Waals surface area contributed by atoms with Crippen LogP contribution in [0.3, 0.4) is 0 Å². The van der Waals surface area contributed by atoms with Gasteiger partial charge in [0.1, 0.15) is 20.2 Å². The van der Waals surface area contributed by atoms with Crippen molar-refractivity contribution in [3.63, 3.8) is 0 Å². The maximum atomic E-state index is 5.21. The van der Waals surface area contributed by atoms with Gasteiger partial charge in [0.25, 0.3) is 0 Å². The van der Waals surface area contributed by atoms with Gasteiger partial charge in [-0.25, -0.2) is 0 Å². The van der Waals surface area contributed by atoms with E-state index in [1.54, 1.807) is 0 Å². The van der Waals surface area contributed by atoms with E-state index in [2.05, 4.69) is 10.6 Å². The number of hydrogen-bond acceptors (Lipinski definition) is 3. The number of rotatable bonds is 8. The van der Waals surface area contributed by atoms with Gasteiger partial charge in [-0.2, -0.15) is 0 Å². The number of likely N-dealkylation sites (N-methyl/N-ethyl adjacent to an activating group) is 1. The zero-order valence-corrected chi connectivity index (χ0v) is 11.1. The van der Waals surface area contributed by atoms with Gasteiger partial charge in [0.2, 0.25) is 0 Å². The minimum atomic E-state index is -0.112. The maximum Gasteiger partial charge on any atom is 0.145 e. The van der Waals surface area contributed by atoms with E-state index >= 15 is 0 Å². The van der Waals surface area contributed by atoms with E-state index in [1.807, 2.05) is 7.05 Å². The van der Waals surface area contributed by atoms with E-state index in [1.165, 1.54) is 12.5 Å². The molecule has 0 rings (SSSR count). The second kappa shape index (κ2) is 10.3. The fourth-order valence-electron chi connectivity index (χ4n) is 0.835. The van der Waals surface area contributed by atoms with Gasteiger partial charge in [0.05, 0.1) is 0 Å². The van der Waals surface area contributed by atoms with E-state index in [-0.39, 0.29) is 9.76 Å². The molecule has 0 unspecified atom stereocenters. The summed E-state index contributed by atoms with van der Waals surface area (Å²) in [5, 5.41) is 6.46. The Morgan fingerprint density at radius 1 is 1.36 bits per heavy atom. The molecule has 0 aromatic heterocycles. The summed E-state index contributed by atoms with van der Waals surface area (Å²) in [6.45, 7) is 3.30. The molecule has 0 aromatic rings. The van der Waals surface area contributed by atoms with Crippen LogP contribution in [-0.4, -0.2) is 46.9 Å². The van der Waals surface area contributed by atoms with Gasteiger partial charge in [0, 0.05) is 13.1 Å². The Bertz CT molecular complexity index is 67.6. The van der Waals surface area contributed by atoms with Crippen LogP contribution in [0.1, 0.15) is 6.42 Å².